The Bertz CT molecular complexity index is 535. The van der Waals surface area contributed by atoms with Gasteiger partial charge in [-0.05, 0) is 31.2 Å². The molecule has 2 nitrogen and oxygen atoms in total. The standard InChI is InChI=1S/C30H50O2/c31-27-29(28-21-16-13-17-22-28)23-15-11-9-7-5-3-1-2-4-6-8-10-12-20-26-32-30-24-18-14-19-25-30/h13,16-17,21-22,27,29-30H,1-12,14-15,18-20,23-26H2. The van der Waals surface area contributed by atoms with Crippen LogP contribution in [0.4, 0.5) is 0 Å². The highest BCUT2D eigenvalue weighted by atomic mass is 16.5. The maximum atomic E-state index is 11.3. The molecule has 0 N–H and O–H groups in total. The first-order chi connectivity index (χ1) is 15.9. The SMILES string of the molecule is O=CC(CCCCCCCCCCCCCCCCOC1CCCCC1)c1ccccc1. The lowest BCUT2D eigenvalue weighted by atomic mass is 9.94. The molecule has 1 saturated carbocycles. The zero-order chi connectivity index (χ0) is 22.5. The molecule has 0 heterocycles. The maximum Gasteiger partial charge on any atom is 0.127 e. The third-order valence-electron chi connectivity index (χ3n) is 7.21. The number of rotatable bonds is 20. The Labute approximate surface area is 198 Å². The van der Waals surface area contributed by atoms with Crippen LogP contribution in [0.15, 0.2) is 30.3 Å². The second-order valence-corrected chi connectivity index (χ2v) is 10.0. The van der Waals surface area contributed by atoms with Gasteiger partial charge in [-0.25, -0.2) is 0 Å². The number of carbonyl (C=O) groups is 1. The van der Waals surface area contributed by atoms with Crippen LogP contribution in [-0.4, -0.2) is 19.0 Å². The van der Waals surface area contributed by atoms with Crippen LogP contribution in [0.5, 0.6) is 0 Å². The second-order valence-electron chi connectivity index (χ2n) is 10.0. The van der Waals surface area contributed by atoms with Gasteiger partial charge in [0.05, 0.1) is 6.10 Å². The molecule has 0 radical (unpaired) electrons. The van der Waals surface area contributed by atoms with Crippen molar-refractivity contribution in [2.24, 2.45) is 0 Å². The van der Waals surface area contributed by atoms with E-state index in [1.807, 2.05) is 18.2 Å². The van der Waals surface area contributed by atoms with Crippen molar-refractivity contribution in [3.63, 3.8) is 0 Å². The molecule has 1 fully saturated rings. The smallest absolute Gasteiger partial charge is 0.127 e. The minimum Gasteiger partial charge on any atom is -0.378 e. The highest BCUT2D eigenvalue weighted by Gasteiger charge is 2.13. The Balaban J connectivity index is 1.26. The van der Waals surface area contributed by atoms with Gasteiger partial charge in [0, 0.05) is 12.5 Å². The van der Waals surface area contributed by atoms with E-state index in [2.05, 4.69) is 12.1 Å². The lowest BCUT2D eigenvalue weighted by molar-refractivity contribution is -0.109. The van der Waals surface area contributed by atoms with Gasteiger partial charge in [-0.15, -0.1) is 0 Å². The summed E-state index contributed by atoms with van der Waals surface area (Å²) in [6.45, 7) is 0.995. The molecular formula is C30H50O2. The van der Waals surface area contributed by atoms with E-state index >= 15 is 0 Å². The predicted molar refractivity (Wildman–Crippen MR) is 137 cm³/mol. The number of ether oxygens (including phenoxy) is 1. The van der Waals surface area contributed by atoms with Crippen LogP contribution in [0.25, 0.3) is 0 Å². The normalized spacial score (nSPS) is 15.6. The molecule has 182 valence electrons. The Morgan fingerprint density at radius 3 is 1.72 bits per heavy atom. The molecule has 0 aliphatic heterocycles. The monoisotopic (exact) mass is 442 g/mol. The molecule has 1 aromatic rings. The van der Waals surface area contributed by atoms with Gasteiger partial charge in [0.15, 0.2) is 0 Å². The van der Waals surface area contributed by atoms with Crippen molar-refractivity contribution in [1.29, 1.82) is 0 Å². The van der Waals surface area contributed by atoms with Gasteiger partial charge in [0.1, 0.15) is 6.29 Å². The first-order valence-corrected chi connectivity index (χ1v) is 14.0. The van der Waals surface area contributed by atoms with E-state index in [-0.39, 0.29) is 5.92 Å². The summed E-state index contributed by atoms with van der Waals surface area (Å²) < 4.78 is 6.02. The van der Waals surface area contributed by atoms with Gasteiger partial charge in [-0.2, -0.15) is 0 Å². The molecule has 0 spiro atoms. The third-order valence-corrected chi connectivity index (χ3v) is 7.21. The summed E-state index contributed by atoms with van der Waals surface area (Å²) in [5.74, 6) is 0.0890. The molecule has 32 heavy (non-hydrogen) atoms. The molecule has 1 atom stereocenters. The number of hydrogen-bond donors (Lipinski definition) is 0. The van der Waals surface area contributed by atoms with E-state index in [1.54, 1.807) is 0 Å². The number of hydrogen-bond acceptors (Lipinski definition) is 2. The van der Waals surface area contributed by atoms with Crippen LogP contribution < -0.4 is 0 Å². The lowest BCUT2D eigenvalue weighted by Crippen LogP contribution is -2.17. The average Bonchev–Trinajstić information content (AvgIpc) is 2.84. The van der Waals surface area contributed by atoms with E-state index in [1.165, 1.54) is 128 Å². The average molecular weight is 443 g/mol. The minimum absolute atomic E-state index is 0.0890. The van der Waals surface area contributed by atoms with Gasteiger partial charge in [0.2, 0.25) is 0 Å². The van der Waals surface area contributed by atoms with Crippen LogP contribution >= 0.6 is 0 Å². The summed E-state index contributed by atoms with van der Waals surface area (Å²) in [6.07, 6.45) is 28.5. The van der Waals surface area contributed by atoms with E-state index in [9.17, 15) is 4.79 Å². The molecule has 1 unspecified atom stereocenters. The van der Waals surface area contributed by atoms with E-state index < -0.39 is 0 Å². The summed E-state index contributed by atoms with van der Waals surface area (Å²) in [6, 6.07) is 10.2. The van der Waals surface area contributed by atoms with Crippen molar-refractivity contribution in [2.45, 2.75) is 140 Å². The zero-order valence-electron chi connectivity index (χ0n) is 20.8. The number of benzene rings is 1. The molecule has 0 bridgehead atoms. The molecular weight excluding hydrogens is 392 g/mol. The topological polar surface area (TPSA) is 26.3 Å². The quantitative estimate of drug-likeness (QED) is 0.149. The van der Waals surface area contributed by atoms with E-state index in [0.717, 1.165) is 19.3 Å². The van der Waals surface area contributed by atoms with Crippen LogP contribution in [0, 0.1) is 0 Å². The zero-order valence-corrected chi connectivity index (χ0v) is 20.8. The summed E-state index contributed by atoms with van der Waals surface area (Å²) in [7, 11) is 0. The first kappa shape index (κ1) is 27.1. The Morgan fingerprint density at radius 1 is 0.688 bits per heavy atom. The highest BCUT2D eigenvalue weighted by molar-refractivity contribution is 5.61. The molecule has 0 amide bonds. The van der Waals surface area contributed by atoms with Crippen molar-refractivity contribution in [1.82, 2.24) is 0 Å². The largest absolute Gasteiger partial charge is 0.378 e. The Morgan fingerprint density at radius 2 is 1.19 bits per heavy atom. The molecule has 0 aromatic heterocycles. The molecule has 1 aliphatic carbocycles. The van der Waals surface area contributed by atoms with Crippen molar-refractivity contribution in [2.75, 3.05) is 6.61 Å². The fraction of sp³-hybridized carbons (Fsp3) is 0.767. The van der Waals surface area contributed by atoms with Crippen LogP contribution in [0.3, 0.4) is 0 Å². The minimum atomic E-state index is 0.0890. The van der Waals surface area contributed by atoms with Crippen molar-refractivity contribution < 1.29 is 9.53 Å². The van der Waals surface area contributed by atoms with Crippen LogP contribution in [0.2, 0.25) is 0 Å². The van der Waals surface area contributed by atoms with Crippen LogP contribution in [0.1, 0.15) is 140 Å². The van der Waals surface area contributed by atoms with Gasteiger partial charge in [0.25, 0.3) is 0 Å². The van der Waals surface area contributed by atoms with Gasteiger partial charge >= 0.3 is 0 Å². The Hall–Kier alpha value is -1.15. The second kappa shape index (κ2) is 19.3. The first-order valence-electron chi connectivity index (χ1n) is 14.0. The fourth-order valence-corrected chi connectivity index (χ4v) is 5.08. The Kier molecular flexibility index (Phi) is 16.4. The van der Waals surface area contributed by atoms with Gasteiger partial charge in [-0.1, -0.05) is 133 Å². The van der Waals surface area contributed by atoms with E-state index in [4.69, 9.17) is 4.74 Å². The summed E-state index contributed by atoms with van der Waals surface area (Å²) >= 11 is 0. The van der Waals surface area contributed by atoms with Gasteiger partial charge in [-0.3, -0.25) is 0 Å². The third kappa shape index (κ3) is 13.4. The van der Waals surface area contributed by atoms with Crippen molar-refractivity contribution >= 4 is 6.29 Å². The molecule has 0 saturated heterocycles. The van der Waals surface area contributed by atoms with Crippen molar-refractivity contribution in [3.8, 4) is 0 Å². The van der Waals surface area contributed by atoms with Gasteiger partial charge < -0.3 is 9.53 Å². The number of carbonyl (C=O) groups excluding carboxylic acids is 1. The van der Waals surface area contributed by atoms with Crippen molar-refractivity contribution in [3.05, 3.63) is 35.9 Å². The van der Waals surface area contributed by atoms with Crippen LogP contribution in [-0.2, 0) is 9.53 Å². The molecule has 1 aliphatic rings. The number of aldehydes is 1. The number of unbranched alkanes of at least 4 members (excludes halogenated alkanes) is 13. The fourth-order valence-electron chi connectivity index (χ4n) is 5.08. The molecule has 2 rings (SSSR count). The summed E-state index contributed by atoms with van der Waals surface area (Å²) in [5.41, 5.74) is 1.17. The molecule has 2 heteroatoms. The maximum absolute atomic E-state index is 11.3. The highest BCUT2D eigenvalue weighted by Crippen LogP contribution is 2.22. The lowest BCUT2D eigenvalue weighted by Gasteiger charge is -2.21. The molecule has 1 aromatic carbocycles. The summed E-state index contributed by atoms with van der Waals surface area (Å²) in [5, 5.41) is 0. The predicted octanol–water partition coefficient (Wildman–Crippen LogP) is 9.17. The summed E-state index contributed by atoms with van der Waals surface area (Å²) in [4.78, 5) is 11.3. The van der Waals surface area contributed by atoms with E-state index in [0.29, 0.717) is 6.10 Å².